The number of rotatable bonds is 12. The molecule has 0 radical (unpaired) electrons. The molecule has 0 saturated carbocycles. The molecule has 204 valence electrons. The molecule has 1 saturated heterocycles. The summed E-state index contributed by atoms with van der Waals surface area (Å²) in [6.45, 7) is 6.59. The molecule has 0 spiro atoms. The predicted molar refractivity (Wildman–Crippen MR) is 138 cm³/mol. The van der Waals surface area contributed by atoms with Gasteiger partial charge in [0.1, 0.15) is 23.8 Å². The molecule has 1 fully saturated rings. The van der Waals surface area contributed by atoms with Crippen LogP contribution in [0.3, 0.4) is 0 Å². The molecular weight excluding hydrogens is 489 g/mol. The van der Waals surface area contributed by atoms with Gasteiger partial charge in [-0.2, -0.15) is 18.2 Å². The first-order valence-corrected chi connectivity index (χ1v) is 12.2. The number of nitrogens with one attached hydrogen (secondary N) is 2. The molecule has 0 atom stereocenters. The van der Waals surface area contributed by atoms with E-state index in [1.54, 1.807) is 13.2 Å². The number of aromatic nitrogens is 3. The monoisotopic (exact) mass is 524 g/mol. The number of hydrogen-bond acceptors (Lipinski definition) is 10. The Kier molecular flexibility index (Phi) is 10.4. The van der Waals surface area contributed by atoms with Crippen LogP contribution in [0.4, 0.5) is 36.4 Å². The number of hydrogen-bond donors (Lipinski definition) is 2. The Hall–Kier alpha value is -3.03. The summed E-state index contributed by atoms with van der Waals surface area (Å²) in [5, 5.41) is 6.45. The van der Waals surface area contributed by atoms with Gasteiger partial charge in [-0.15, -0.1) is 0 Å². The van der Waals surface area contributed by atoms with Crippen LogP contribution in [0.1, 0.15) is 18.2 Å². The highest BCUT2D eigenvalue weighted by atomic mass is 19.4. The number of nitrogens with zero attached hydrogens (tertiary/aromatic N) is 6. The van der Waals surface area contributed by atoms with Crippen molar-refractivity contribution >= 4 is 29.0 Å². The van der Waals surface area contributed by atoms with Gasteiger partial charge in [-0.25, -0.2) is 9.97 Å². The van der Waals surface area contributed by atoms with Crippen molar-refractivity contribution in [3.63, 3.8) is 0 Å². The van der Waals surface area contributed by atoms with E-state index in [2.05, 4.69) is 25.5 Å². The van der Waals surface area contributed by atoms with Crippen LogP contribution in [-0.4, -0.2) is 105 Å². The summed E-state index contributed by atoms with van der Waals surface area (Å²) in [4.78, 5) is 22.6. The minimum Gasteiger partial charge on any atom is -0.379 e. The van der Waals surface area contributed by atoms with E-state index >= 15 is 0 Å². The smallest absolute Gasteiger partial charge is 0.379 e. The third-order valence-electron chi connectivity index (χ3n) is 5.71. The fourth-order valence-corrected chi connectivity index (χ4v) is 3.61. The first-order valence-electron chi connectivity index (χ1n) is 12.2. The Morgan fingerprint density at radius 3 is 2.68 bits per heavy atom. The SMILES string of the molecule is CCN(C)c1nc(Nc2cc(C)ccn2)c(NCCOCC(F)(F)F)c(/C(CN2CCOCC2)=N\C)n1. The summed E-state index contributed by atoms with van der Waals surface area (Å²) in [5.41, 5.74) is 2.80. The van der Waals surface area contributed by atoms with E-state index in [9.17, 15) is 13.2 Å². The van der Waals surface area contributed by atoms with Gasteiger partial charge in [0.2, 0.25) is 5.95 Å². The molecule has 37 heavy (non-hydrogen) atoms. The molecule has 2 N–H and O–H groups in total. The van der Waals surface area contributed by atoms with Crippen LogP contribution in [0.25, 0.3) is 0 Å². The lowest BCUT2D eigenvalue weighted by molar-refractivity contribution is -0.172. The van der Waals surface area contributed by atoms with Crippen molar-refractivity contribution in [1.29, 1.82) is 0 Å². The number of aliphatic imine (C=N–C) groups is 1. The fourth-order valence-electron chi connectivity index (χ4n) is 3.61. The van der Waals surface area contributed by atoms with E-state index in [1.165, 1.54) is 0 Å². The molecule has 0 aromatic carbocycles. The van der Waals surface area contributed by atoms with Gasteiger partial charge >= 0.3 is 6.18 Å². The number of alkyl halides is 3. The average molecular weight is 525 g/mol. The summed E-state index contributed by atoms with van der Waals surface area (Å²) in [6.07, 6.45) is -2.70. The standard InChI is InChI=1S/C24H35F3N8O2/c1-5-34(4)23-32-20(18(28-3)15-35-9-12-36-13-10-35)21(30-8-11-37-16-24(25,26)27)22(33-23)31-19-14-17(2)6-7-29-19/h6-7,14,30H,5,8-13,15-16H2,1-4H3,(H,29,31,32,33)/b28-18-. The third kappa shape index (κ3) is 8.79. The van der Waals surface area contributed by atoms with Crippen molar-refractivity contribution in [2.24, 2.45) is 4.99 Å². The molecule has 1 aliphatic rings. The molecule has 0 bridgehead atoms. The van der Waals surface area contributed by atoms with Crippen molar-refractivity contribution in [2.75, 3.05) is 88.8 Å². The topological polar surface area (TPSA) is 100 Å². The maximum Gasteiger partial charge on any atom is 0.411 e. The van der Waals surface area contributed by atoms with Gasteiger partial charge < -0.3 is 25.0 Å². The molecule has 10 nitrogen and oxygen atoms in total. The van der Waals surface area contributed by atoms with E-state index in [0.717, 1.165) is 18.7 Å². The second-order valence-electron chi connectivity index (χ2n) is 8.61. The molecule has 3 heterocycles. The zero-order valence-electron chi connectivity index (χ0n) is 21.7. The Morgan fingerprint density at radius 1 is 1.27 bits per heavy atom. The summed E-state index contributed by atoms with van der Waals surface area (Å²) in [6, 6.07) is 3.76. The van der Waals surface area contributed by atoms with E-state index in [-0.39, 0.29) is 13.2 Å². The van der Waals surface area contributed by atoms with Crippen LogP contribution in [0.15, 0.2) is 23.3 Å². The number of ether oxygens (including phenoxy) is 2. The highest BCUT2D eigenvalue weighted by Gasteiger charge is 2.27. The van der Waals surface area contributed by atoms with Gasteiger partial charge in [-0.3, -0.25) is 9.89 Å². The maximum absolute atomic E-state index is 12.5. The lowest BCUT2D eigenvalue weighted by atomic mass is 10.1. The lowest BCUT2D eigenvalue weighted by Crippen LogP contribution is -2.40. The minimum atomic E-state index is -4.38. The highest BCUT2D eigenvalue weighted by Crippen LogP contribution is 2.29. The van der Waals surface area contributed by atoms with Crippen molar-refractivity contribution in [1.82, 2.24) is 19.9 Å². The van der Waals surface area contributed by atoms with Crippen molar-refractivity contribution in [3.05, 3.63) is 29.6 Å². The molecular formula is C24H35F3N8O2. The van der Waals surface area contributed by atoms with Crippen molar-refractivity contribution in [2.45, 2.75) is 20.0 Å². The molecule has 0 amide bonds. The Balaban J connectivity index is 1.98. The lowest BCUT2D eigenvalue weighted by Gasteiger charge is -2.28. The van der Waals surface area contributed by atoms with Gasteiger partial charge in [0, 0.05) is 53.0 Å². The normalized spacial score (nSPS) is 15.1. The number of pyridine rings is 1. The molecule has 13 heteroatoms. The zero-order chi connectivity index (χ0) is 26.8. The molecule has 2 aromatic rings. The highest BCUT2D eigenvalue weighted by molar-refractivity contribution is 6.07. The first kappa shape index (κ1) is 28.5. The van der Waals surface area contributed by atoms with Gasteiger partial charge in [0.15, 0.2) is 5.82 Å². The van der Waals surface area contributed by atoms with E-state index in [1.807, 2.05) is 37.9 Å². The quantitative estimate of drug-likeness (QED) is 0.320. The molecule has 1 aliphatic heterocycles. The van der Waals surface area contributed by atoms with Gasteiger partial charge in [0.25, 0.3) is 0 Å². The van der Waals surface area contributed by atoms with E-state index in [0.29, 0.717) is 61.0 Å². The summed E-state index contributed by atoms with van der Waals surface area (Å²) in [5.74, 6) is 1.50. The van der Waals surface area contributed by atoms with Crippen molar-refractivity contribution < 1.29 is 22.6 Å². The molecule has 0 unspecified atom stereocenters. The van der Waals surface area contributed by atoms with Crippen LogP contribution < -0.4 is 15.5 Å². The Morgan fingerprint density at radius 2 is 2.03 bits per heavy atom. The Labute approximate surface area is 215 Å². The van der Waals surface area contributed by atoms with Crippen LogP contribution in [-0.2, 0) is 9.47 Å². The average Bonchev–Trinajstić information content (AvgIpc) is 2.87. The van der Waals surface area contributed by atoms with E-state index < -0.39 is 12.8 Å². The van der Waals surface area contributed by atoms with Crippen LogP contribution >= 0.6 is 0 Å². The maximum atomic E-state index is 12.5. The predicted octanol–water partition coefficient (Wildman–Crippen LogP) is 3.12. The summed E-state index contributed by atoms with van der Waals surface area (Å²) >= 11 is 0. The second-order valence-corrected chi connectivity index (χ2v) is 8.61. The summed E-state index contributed by atoms with van der Waals surface area (Å²) < 4.78 is 47.8. The van der Waals surface area contributed by atoms with Crippen LogP contribution in [0.2, 0.25) is 0 Å². The fraction of sp³-hybridized carbons (Fsp3) is 0.583. The zero-order valence-corrected chi connectivity index (χ0v) is 21.7. The molecule has 0 aliphatic carbocycles. The number of aryl methyl sites for hydroxylation is 1. The number of morpholine rings is 1. The van der Waals surface area contributed by atoms with Gasteiger partial charge in [-0.1, -0.05) is 0 Å². The first-order chi connectivity index (χ1) is 17.7. The second kappa shape index (κ2) is 13.5. The Bertz CT molecular complexity index is 1050. The summed E-state index contributed by atoms with van der Waals surface area (Å²) in [7, 11) is 3.59. The van der Waals surface area contributed by atoms with Gasteiger partial charge in [0.05, 0.1) is 25.5 Å². The van der Waals surface area contributed by atoms with Crippen molar-refractivity contribution in [3.8, 4) is 0 Å². The van der Waals surface area contributed by atoms with Crippen LogP contribution in [0, 0.1) is 6.92 Å². The minimum absolute atomic E-state index is 0.111. The van der Waals surface area contributed by atoms with E-state index in [4.69, 9.17) is 19.4 Å². The largest absolute Gasteiger partial charge is 0.411 e. The van der Waals surface area contributed by atoms with Crippen LogP contribution in [0.5, 0.6) is 0 Å². The third-order valence-corrected chi connectivity index (χ3v) is 5.71. The number of anilines is 4. The number of halogens is 3. The van der Waals surface area contributed by atoms with Gasteiger partial charge in [-0.05, 0) is 31.5 Å². The molecule has 3 rings (SSSR count). The molecule has 2 aromatic heterocycles.